The van der Waals surface area contributed by atoms with Gasteiger partial charge in [0.25, 0.3) is 0 Å². The van der Waals surface area contributed by atoms with Gasteiger partial charge < -0.3 is 19.8 Å². The zero-order chi connectivity index (χ0) is 15.1. The summed E-state index contributed by atoms with van der Waals surface area (Å²) in [6, 6.07) is 9.20. The van der Waals surface area contributed by atoms with Crippen LogP contribution in [0.2, 0.25) is 0 Å². The number of benzene rings is 1. The van der Waals surface area contributed by atoms with Crippen LogP contribution in [0.4, 0.5) is 4.79 Å². The number of carbonyl (C=O) groups is 2. The minimum atomic E-state index is -1.14. The fourth-order valence-electron chi connectivity index (χ4n) is 1.51. The molecule has 0 heterocycles. The van der Waals surface area contributed by atoms with Gasteiger partial charge in [-0.25, -0.2) is 4.79 Å². The normalized spacial score (nSPS) is 13.3. The van der Waals surface area contributed by atoms with Gasteiger partial charge in [0.15, 0.2) is 0 Å². The van der Waals surface area contributed by atoms with E-state index in [9.17, 15) is 14.7 Å². The number of aliphatic carboxylic acids is 1. The number of nitrogens with zero attached hydrogens (tertiary/aromatic N) is 1. The third-order valence-electron chi connectivity index (χ3n) is 2.94. The molecule has 0 aromatic heterocycles. The van der Waals surface area contributed by atoms with Gasteiger partial charge in [-0.05, 0) is 12.5 Å². The minimum absolute atomic E-state index is 0.0961. The maximum atomic E-state index is 11.7. The van der Waals surface area contributed by atoms with E-state index in [-0.39, 0.29) is 13.2 Å². The highest BCUT2D eigenvalue weighted by Crippen LogP contribution is 2.07. The molecule has 20 heavy (non-hydrogen) atoms. The van der Waals surface area contributed by atoms with E-state index in [0.717, 1.165) is 10.5 Å². The Morgan fingerprint density at radius 2 is 1.90 bits per heavy atom. The fraction of sp³-hybridized carbons (Fsp3) is 0.429. The number of aliphatic hydroxyl groups is 1. The topological polar surface area (TPSA) is 87.1 Å². The van der Waals surface area contributed by atoms with Crippen molar-refractivity contribution in [2.45, 2.75) is 19.6 Å². The van der Waals surface area contributed by atoms with Gasteiger partial charge >= 0.3 is 12.1 Å². The number of ether oxygens (including phenoxy) is 1. The lowest BCUT2D eigenvalue weighted by Gasteiger charge is -2.22. The number of hydrogen-bond acceptors (Lipinski definition) is 4. The predicted molar refractivity (Wildman–Crippen MR) is 72.1 cm³/mol. The Morgan fingerprint density at radius 1 is 1.30 bits per heavy atom. The monoisotopic (exact) mass is 281 g/mol. The van der Waals surface area contributed by atoms with E-state index in [2.05, 4.69) is 0 Å². The van der Waals surface area contributed by atoms with Crippen LogP contribution in [0.15, 0.2) is 30.3 Å². The lowest BCUT2D eigenvalue weighted by molar-refractivity contribution is -0.145. The third kappa shape index (κ3) is 4.89. The summed E-state index contributed by atoms with van der Waals surface area (Å²) < 4.78 is 5.06. The van der Waals surface area contributed by atoms with Crippen molar-refractivity contribution in [3.63, 3.8) is 0 Å². The van der Waals surface area contributed by atoms with E-state index in [1.54, 1.807) is 0 Å². The van der Waals surface area contributed by atoms with Crippen molar-refractivity contribution in [3.8, 4) is 0 Å². The van der Waals surface area contributed by atoms with Gasteiger partial charge in [0, 0.05) is 7.05 Å². The standard InChI is InChI=1S/C14H19NO5/c1-10(13(17)18)12(16)8-15(2)14(19)20-9-11-6-4-3-5-7-11/h3-7,10,12,16H,8-9H2,1-2H3,(H,17,18). The SMILES string of the molecule is CC(C(=O)O)C(O)CN(C)C(=O)OCc1ccccc1. The van der Waals surface area contributed by atoms with Crippen molar-refractivity contribution in [3.05, 3.63) is 35.9 Å². The van der Waals surface area contributed by atoms with E-state index >= 15 is 0 Å². The van der Waals surface area contributed by atoms with Crippen LogP contribution in [-0.4, -0.2) is 46.9 Å². The summed E-state index contributed by atoms with van der Waals surface area (Å²) >= 11 is 0. The molecule has 1 aromatic carbocycles. The van der Waals surface area contributed by atoms with E-state index in [1.165, 1.54) is 14.0 Å². The van der Waals surface area contributed by atoms with Crippen molar-refractivity contribution in [1.82, 2.24) is 4.90 Å². The summed E-state index contributed by atoms with van der Waals surface area (Å²) in [4.78, 5) is 23.6. The van der Waals surface area contributed by atoms with Crippen LogP contribution >= 0.6 is 0 Å². The van der Waals surface area contributed by atoms with Crippen LogP contribution < -0.4 is 0 Å². The van der Waals surface area contributed by atoms with Crippen LogP contribution in [0.25, 0.3) is 0 Å². The number of carbonyl (C=O) groups excluding carboxylic acids is 1. The van der Waals surface area contributed by atoms with Crippen LogP contribution in [0, 0.1) is 5.92 Å². The summed E-state index contributed by atoms with van der Waals surface area (Å²) in [5, 5.41) is 18.4. The molecule has 0 saturated heterocycles. The molecule has 1 aromatic rings. The highest BCUT2D eigenvalue weighted by atomic mass is 16.6. The Morgan fingerprint density at radius 3 is 2.45 bits per heavy atom. The molecule has 0 aliphatic carbocycles. The first-order valence-electron chi connectivity index (χ1n) is 6.24. The molecule has 1 amide bonds. The van der Waals surface area contributed by atoms with E-state index < -0.39 is 24.1 Å². The van der Waals surface area contributed by atoms with Gasteiger partial charge in [0.1, 0.15) is 6.61 Å². The van der Waals surface area contributed by atoms with Crippen molar-refractivity contribution in [2.75, 3.05) is 13.6 Å². The molecule has 6 nitrogen and oxygen atoms in total. The summed E-state index contributed by atoms with van der Waals surface area (Å²) in [5.41, 5.74) is 0.855. The third-order valence-corrected chi connectivity index (χ3v) is 2.94. The molecule has 0 bridgehead atoms. The van der Waals surface area contributed by atoms with Gasteiger partial charge in [-0.3, -0.25) is 4.79 Å². The molecule has 110 valence electrons. The average molecular weight is 281 g/mol. The molecule has 0 spiro atoms. The molecular weight excluding hydrogens is 262 g/mol. The van der Waals surface area contributed by atoms with Crippen LogP contribution in [-0.2, 0) is 16.1 Å². The second-order valence-corrected chi connectivity index (χ2v) is 4.61. The van der Waals surface area contributed by atoms with Crippen molar-refractivity contribution in [1.29, 1.82) is 0 Å². The maximum absolute atomic E-state index is 11.7. The van der Waals surface area contributed by atoms with Gasteiger partial charge in [-0.15, -0.1) is 0 Å². The number of carboxylic acids is 1. The van der Waals surface area contributed by atoms with Crippen LogP contribution in [0.3, 0.4) is 0 Å². The number of amides is 1. The smallest absolute Gasteiger partial charge is 0.409 e. The fourth-order valence-corrected chi connectivity index (χ4v) is 1.51. The van der Waals surface area contributed by atoms with Crippen molar-refractivity contribution in [2.24, 2.45) is 5.92 Å². The number of aliphatic hydroxyl groups excluding tert-OH is 1. The Bertz CT molecular complexity index is 448. The summed E-state index contributed by atoms with van der Waals surface area (Å²) in [6.45, 7) is 1.42. The molecular formula is C14H19NO5. The minimum Gasteiger partial charge on any atom is -0.481 e. The quantitative estimate of drug-likeness (QED) is 0.821. The summed E-state index contributed by atoms with van der Waals surface area (Å²) in [7, 11) is 1.45. The maximum Gasteiger partial charge on any atom is 0.409 e. The van der Waals surface area contributed by atoms with Gasteiger partial charge in [0.2, 0.25) is 0 Å². The molecule has 0 aliphatic heterocycles. The Hall–Kier alpha value is -2.08. The van der Waals surface area contributed by atoms with E-state index in [0.29, 0.717) is 0 Å². The molecule has 0 fully saturated rings. The molecule has 0 aliphatic rings. The Kier molecular flexibility index (Phi) is 5.99. The lowest BCUT2D eigenvalue weighted by Crippen LogP contribution is -2.39. The highest BCUT2D eigenvalue weighted by molar-refractivity contribution is 5.71. The highest BCUT2D eigenvalue weighted by Gasteiger charge is 2.24. The van der Waals surface area contributed by atoms with Crippen LogP contribution in [0.5, 0.6) is 0 Å². The Balaban J connectivity index is 2.41. The first-order chi connectivity index (χ1) is 9.41. The first-order valence-corrected chi connectivity index (χ1v) is 6.24. The van der Waals surface area contributed by atoms with E-state index in [4.69, 9.17) is 9.84 Å². The van der Waals surface area contributed by atoms with Crippen LogP contribution in [0.1, 0.15) is 12.5 Å². The molecule has 6 heteroatoms. The van der Waals surface area contributed by atoms with Crippen molar-refractivity contribution < 1.29 is 24.5 Å². The summed E-state index contributed by atoms with van der Waals surface area (Å²) in [6.07, 6.45) is -1.74. The second-order valence-electron chi connectivity index (χ2n) is 4.61. The zero-order valence-electron chi connectivity index (χ0n) is 11.5. The molecule has 2 unspecified atom stereocenters. The van der Waals surface area contributed by atoms with E-state index in [1.807, 2.05) is 30.3 Å². The molecule has 2 atom stereocenters. The largest absolute Gasteiger partial charge is 0.481 e. The molecule has 0 radical (unpaired) electrons. The lowest BCUT2D eigenvalue weighted by atomic mass is 10.1. The number of likely N-dealkylation sites (N-methyl/N-ethyl adjacent to an activating group) is 1. The number of carboxylic acid groups (broad SMARTS) is 1. The summed E-state index contributed by atoms with van der Waals surface area (Å²) in [5.74, 6) is -2.05. The number of rotatable bonds is 6. The molecule has 1 rings (SSSR count). The van der Waals surface area contributed by atoms with Gasteiger partial charge in [-0.1, -0.05) is 30.3 Å². The zero-order valence-corrected chi connectivity index (χ0v) is 11.5. The Labute approximate surface area is 117 Å². The first kappa shape index (κ1) is 16.0. The predicted octanol–water partition coefficient (Wildman–Crippen LogP) is 1.34. The average Bonchev–Trinajstić information content (AvgIpc) is 2.44. The van der Waals surface area contributed by atoms with Gasteiger partial charge in [-0.2, -0.15) is 0 Å². The second kappa shape index (κ2) is 7.49. The van der Waals surface area contributed by atoms with Crippen molar-refractivity contribution >= 4 is 12.1 Å². The molecule has 2 N–H and O–H groups in total. The number of hydrogen-bond donors (Lipinski definition) is 2. The van der Waals surface area contributed by atoms with Gasteiger partial charge in [0.05, 0.1) is 18.6 Å². The molecule has 0 saturated carbocycles.